The van der Waals surface area contributed by atoms with Gasteiger partial charge in [-0.1, -0.05) is 5.57 Å². The standard InChI is InChI=1S/C9H12O/c10-6-5-9-7-1-2-8(9)4-3-7/h5-8H,1-4H2. The molecule has 0 aliphatic heterocycles. The van der Waals surface area contributed by atoms with Crippen LogP contribution >= 0.6 is 0 Å². The molecule has 2 aliphatic rings. The summed E-state index contributed by atoms with van der Waals surface area (Å²) in [5.74, 6) is 1.57. The van der Waals surface area contributed by atoms with Gasteiger partial charge < -0.3 is 0 Å². The van der Waals surface area contributed by atoms with E-state index in [0.29, 0.717) is 0 Å². The van der Waals surface area contributed by atoms with Crippen molar-refractivity contribution in [2.75, 3.05) is 0 Å². The molecule has 0 N–H and O–H groups in total. The maximum absolute atomic E-state index is 10.2. The Hall–Kier alpha value is -0.590. The van der Waals surface area contributed by atoms with Crippen LogP contribution in [0.1, 0.15) is 25.7 Å². The highest BCUT2D eigenvalue weighted by molar-refractivity contribution is 5.67. The molecule has 0 heterocycles. The highest BCUT2D eigenvalue weighted by Crippen LogP contribution is 2.48. The number of rotatable bonds is 1. The fraction of sp³-hybridized carbons (Fsp3) is 0.667. The van der Waals surface area contributed by atoms with E-state index in [1.54, 1.807) is 6.08 Å². The Kier molecular flexibility index (Phi) is 1.37. The Bertz CT molecular complexity index is 159. The summed E-state index contributed by atoms with van der Waals surface area (Å²) < 4.78 is 0. The number of carbonyl (C=O) groups excluding carboxylic acids is 1. The van der Waals surface area contributed by atoms with Crippen LogP contribution in [0.15, 0.2) is 11.6 Å². The third kappa shape index (κ3) is 0.731. The van der Waals surface area contributed by atoms with E-state index in [4.69, 9.17) is 0 Å². The summed E-state index contributed by atoms with van der Waals surface area (Å²) in [6.45, 7) is 0. The quantitative estimate of drug-likeness (QED) is 0.397. The van der Waals surface area contributed by atoms with Gasteiger partial charge in [0.05, 0.1) is 0 Å². The van der Waals surface area contributed by atoms with Gasteiger partial charge in [-0.2, -0.15) is 0 Å². The van der Waals surface area contributed by atoms with Crippen molar-refractivity contribution in [3.05, 3.63) is 11.6 Å². The molecular formula is C9H12O. The van der Waals surface area contributed by atoms with Crippen molar-refractivity contribution in [3.63, 3.8) is 0 Å². The number of aldehydes is 1. The average Bonchev–Trinajstić information content (AvgIpc) is 2.50. The lowest BCUT2D eigenvalue weighted by Crippen LogP contribution is -1.90. The summed E-state index contributed by atoms with van der Waals surface area (Å²) in [5, 5.41) is 0. The molecule has 2 bridgehead atoms. The zero-order chi connectivity index (χ0) is 6.97. The molecule has 0 radical (unpaired) electrons. The minimum Gasteiger partial charge on any atom is -0.299 e. The van der Waals surface area contributed by atoms with E-state index in [9.17, 15) is 4.79 Å². The van der Waals surface area contributed by atoms with Gasteiger partial charge in [-0.05, 0) is 43.6 Å². The third-order valence-electron chi connectivity index (χ3n) is 2.93. The van der Waals surface area contributed by atoms with Gasteiger partial charge in [0.25, 0.3) is 0 Å². The van der Waals surface area contributed by atoms with E-state index >= 15 is 0 Å². The highest BCUT2D eigenvalue weighted by Gasteiger charge is 2.35. The van der Waals surface area contributed by atoms with E-state index < -0.39 is 0 Å². The monoisotopic (exact) mass is 136 g/mol. The SMILES string of the molecule is O=CC=C1C2CCC1CC2. The lowest BCUT2D eigenvalue weighted by Gasteiger charge is -2.04. The first-order valence-electron chi connectivity index (χ1n) is 4.07. The topological polar surface area (TPSA) is 17.1 Å². The molecule has 2 aliphatic carbocycles. The fourth-order valence-electron chi connectivity index (χ4n) is 2.44. The molecule has 0 aromatic rings. The number of fused-ring (bicyclic) bond motifs is 2. The Balaban J connectivity index is 2.23. The van der Waals surface area contributed by atoms with E-state index in [1.165, 1.54) is 31.3 Å². The molecule has 0 saturated heterocycles. The molecule has 0 spiro atoms. The molecule has 1 heteroatoms. The van der Waals surface area contributed by atoms with Gasteiger partial charge in [0.2, 0.25) is 0 Å². The second-order valence-corrected chi connectivity index (χ2v) is 3.35. The largest absolute Gasteiger partial charge is 0.299 e. The predicted octanol–water partition coefficient (Wildman–Crippen LogP) is 1.93. The van der Waals surface area contributed by atoms with Crippen LogP contribution in [0.3, 0.4) is 0 Å². The second kappa shape index (κ2) is 2.22. The summed E-state index contributed by atoms with van der Waals surface area (Å²) >= 11 is 0. The maximum Gasteiger partial charge on any atom is 0.142 e. The van der Waals surface area contributed by atoms with Crippen molar-refractivity contribution < 1.29 is 4.79 Å². The molecule has 10 heavy (non-hydrogen) atoms. The molecule has 54 valence electrons. The van der Waals surface area contributed by atoms with Crippen molar-refractivity contribution in [2.24, 2.45) is 11.8 Å². The van der Waals surface area contributed by atoms with Crippen molar-refractivity contribution in [3.8, 4) is 0 Å². The molecule has 0 atom stereocenters. The van der Waals surface area contributed by atoms with Crippen LogP contribution in [0.4, 0.5) is 0 Å². The molecule has 2 rings (SSSR count). The zero-order valence-corrected chi connectivity index (χ0v) is 6.05. The van der Waals surface area contributed by atoms with Gasteiger partial charge in [0.1, 0.15) is 6.29 Å². The molecule has 0 aromatic carbocycles. The minimum atomic E-state index is 0.787. The fourth-order valence-corrected chi connectivity index (χ4v) is 2.44. The van der Waals surface area contributed by atoms with Crippen LogP contribution in [0.25, 0.3) is 0 Å². The zero-order valence-electron chi connectivity index (χ0n) is 6.05. The normalized spacial score (nSPS) is 36.6. The number of hydrogen-bond donors (Lipinski definition) is 0. The highest BCUT2D eigenvalue weighted by atomic mass is 16.1. The first-order chi connectivity index (χ1) is 4.92. The summed E-state index contributed by atoms with van der Waals surface area (Å²) in [6.07, 6.45) is 8.10. The minimum absolute atomic E-state index is 0.787. The molecule has 0 amide bonds. The first kappa shape index (κ1) is 6.14. The average molecular weight is 136 g/mol. The van der Waals surface area contributed by atoms with Crippen LogP contribution < -0.4 is 0 Å². The molecular weight excluding hydrogens is 124 g/mol. The Labute approximate surface area is 61.1 Å². The van der Waals surface area contributed by atoms with E-state index in [2.05, 4.69) is 0 Å². The van der Waals surface area contributed by atoms with Crippen LogP contribution in [-0.4, -0.2) is 6.29 Å². The van der Waals surface area contributed by atoms with E-state index in [0.717, 1.165) is 18.1 Å². The number of carbonyl (C=O) groups is 1. The van der Waals surface area contributed by atoms with Gasteiger partial charge in [0.15, 0.2) is 0 Å². The lowest BCUT2D eigenvalue weighted by atomic mass is 10.0. The maximum atomic E-state index is 10.2. The van der Waals surface area contributed by atoms with Crippen molar-refractivity contribution >= 4 is 6.29 Å². The summed E-state index contributed by atoms with van der Waals surface area (Å²) in [4.78, 5) is 10.2. The van der Waals surface area contributed by atoms with E-state index in [1.807, 2.05) is 0 Å². The van der Waals surface area contributed by atoms with Crippen LogP contribution in [0.5, 0.6) is 0 Å². The Morgan fingerprint density at radius 2 is 1.60 bits per heavy atom. The number of allylic oxidation sites excluding steroid dienone is 2. The Morgan fingerprint density at radius 1 is 1.10 bits per heavy atom. The van der Waals surface area contributed by atoms with Gasteiger partial charge >= 0.3 is 0 Å². The molecule has 0 unspecified atom stereocenters. The van der Waals surface area contributed by atoms with Crippen LogP contribution in [0, 0.1) is 11.8 Å². The summed E-state index contributed by atoms with van der Waals surface area (Å²) in [7, 11) is 0. The summed E-state index contributed by atoms with van der Waals surface area (Å²) in [5.41, 5.74) is 1.45. The Morgan fingerprint density at radius 3 is 2.00 bits per heavy atom. The van der Waals surface area contributed by atoms with Crippen molar-refractivity contribution in [1.29, 1.82) is 0 Å². The van der Waals surface area contributed by atoms with Gasteiger partial charge in [-0.25, -0.2) is 0 Å². The van der Waals surface area contributed by atoms with Crippen LogP contribution in [0.2, 0.25) is 0 Å². The third-order valence-corrected chi connectivity index (χ3v) is 2.93. The van der Waals surface area contributed by atoms with Gasteiger partial charge in [0, 0.05) is 0 Å². The van der Waals surface area contributed by atoms with Crippen molar-refractivity contribution in [1.82, 2.24) is 0 Å². The molecule has 1 nitrogen and oxygen atoms in total. The van der Waals surface area contributed by atoms with Crippen molar-refractivity contribution in [2.45, 2.75) is 25.7 Å². The predicted molar refractivity (Wildman–Crippen MR) is 39.6 cm³/mol. The molecule has 0 aromatic heterocycles. The molecule has 2 saturated carbocycles. The second-order valence-electron chi connectivity index (χ2n) is 3.35. The van der Waals surface area contributed by atoms with Gasteiger partial charge in [-0.15, -0.1) is 0 Å². The lowest BCUT2D eigenvalue weighted by molar-refractivity contribution is -0.104. The smallest absolute Gasteiger partial charge is 0.142 e. The summed E-state index contributed by atoms with van der Waals surface area (Å²) in [6, 6.07) is 0. The molecule has 2 fully saturated rings. The number of hydrogen-bond acceptors (Lipinski definition) is 1. The van der Waals surface area contributed by atoms with E-state index in [-0.39, 0.29) is 0 Å². The first-order valence-corrected chi connectivity index (χ1v) is 4.07. The van der Waals surface area contributed by atoms with Crippen LogP contribution in [-0.2, 0) is 4.79 Å². The van der Waals surface area contributed by atoms with Gasteiger partial charge in [-0.3, -0.25) is 4.79 Å².